The van der Waals surface area contributed by atoms with Crippen LogP contribution >= 0.6 is 23.1 Å². The number of carbonyl (C=O) groups is 2. The highest BCUT2D eigenvalue weighted by molar-refractivity contribution is 7.98. The summed E-state index contributed by atoms with van der Waals surface area (Å²) in [6, 6.07) is 9.74. The van der Waals surface area contributed by atoms with Gasteiger partial charge in [-0.15, -0.1) is 11.3 Å². The minimum Gasteiger partial charge on any atom is -0.354 e. The number of aromatic nitrogens is 2. The molecule has 2 aromatic heterocycles. The van der Waals surface area contributed by atoms with E-state index in [0.29, 0.717) is 24.6 Å². The summed E-state index contributed by atoms with van der Waals surface area (Å²) in [5.74, 6) is 2.04. The molecule has 0 unspecified atom stereocenters. The van der Waals surface area contributed by atoms with Gasteiger partial charge in [-0.25, -0.2) is 4.98 Å². The van der Waals surface area contributed by atoms with Crippen LogP contribution in [0.2, 0.25) is 0 Å². The first-order valence-corrected chi connectivity index (χ1v) is 16.8. The van der Waals surface area contributed by atoms with Crippen molar-refractivity contribution in [3.63, 3.8) is 0 Å². The third-order valence-corrected chi connectivity index (χ3v) is 8.73. The molecule has 3 rings (SSSR count). The summed E-state index contributed by atoms with van der Waals surface area (Å²) < 4.78 is 2.35. The zero-order valence-electron chi connectivity index (χ0n) is 25.0. The van der Waals surface area contributed by atoms with Gasteiger partial charge >= 0.3 is 0 Å². The van der Waals surface area contributed by atoms with Crippen LogP contribution in [-0.4, -0.2) is 71.0 Å². The van der Waals surface area contributed by atoms with E-state index in [1.165, 1.54) is 4.88 Å². The van der Waals surface area contributed by atoms with Gasteiger partial charge in [-0.2, -0.15) is 11.8 Å². The van der Waals surface area contributed by atoms with Crippen molar-refractivity contribution < 1.29 is 9.59 Å². The van der Waals surface area contributed by atoms with E-state index in [1.54, 1.807) is 11.3 Å². The highest BCUT2D eigenvalue weighted by Crippen LogP contribution is 2.28. The summed E-state index contributed by atoms with van der Waals surface area (Å²) in [4.78, 5) is 35.0. The lowest BCUT2D eigenvalue weighted by molar-refractivity contribution is -0.123. The van der Waals surface area contributed by atoms with Crippen molar-refractivity contribution in [1.82, 2.24) is 25.1 Å². The molecule has 7 nitrogen and oxygen atoms in total. The van der Waals surface area contributed by atoms with Gasteiger partial charge < -0.3 is 20.1 Å². The molecule has 1 atom stereocenters. The zero-order chi connectivity index (χ0) is 29.1. The second kappa shape index (κ2) is 16.2. The van der Waals surface area contributed by atoms with Crippen molar-refractivity contribution in [2.75, 3.05) is 38.7 Å². The Morgan fingerprint density at radius 3 is 2.58 bits per heavy atom. The first-order valence-electron chi connectivity index (χ1n) is 14.6. The lowest BCUT2D eigenvalue weighted by Crippen LogP contribution is -2.47. The largest absolute Gasteiger partial charge is 0.354 e. The molecule has 2 amide bonds. The highest BCUT2D eigenvalue weighted by atomic mass is 32.2. The minimum atomic E-state index is -0.575. The maximum absolute atomic E-state index is 13.4. The summed E-state index contributed by atoms with van der Waals surface area (Å²) in [6.07, 6.45) is 6.38. The van der Waals surface area contributed by atoms with Crippen LogP contribution in [0, 0.1) is 5.92 Å². The number of rotatable bonds is 17. The van der Waals surface area contributed by atoms with Crippen LogP contribution in [0.4, 0.5) is 0 Å². The van der Waals surface area contributed by atoms with E-state index in [-0.39, 0.29) is 17.7 Å². The molecule has 0 radical (unpaired) electrons. The van der Waals surface area contributed by atoms with Crippen LogP contribution in [0.1, 0.15) is 80.5 Å². The maximum atomic E-state index is 13.4. The van der Waals surface area contributed by atoms with E-state index >= 15 is 0 Å². The first-order chi connectivity index (χ1) is 19.3. The van der Waals surface area contributed by atoms with E-state index in [0.717, 1.165) is 61.4 Å². The van der Waals surface area contributed by atoms with Crippen LogP contribution in [0.25, 0.3) is 11.0 Å². The van der Waals surface area contributed by atoms with Crippen molar-refractivity contribution in [3.05, 3.63) is 52.0 Å². The number of hydrogen-bond donors (Lipinski definition) is 2. The summed E-state index contributed by atoms with van der Waals surface area (Å²) in [5, 5.41) is 8.15. The second-order valence-electron chi connectivity index (χ2n) is 10.9. The number of thiophene rings is 1. The van der Waals surface area contributed by atoms with Gasteiger partial charge in [0, 0.05) is 41.7 Å². The number of nitrogens with one attached hydrogen (secondary N) is 2. The third kappa shape index (κ3) is 9.08. The Labute approximate surface area is 248 Å². The molecule has 40 heavy (non-hydrogen) atoms. The fourth-order valence-corrected chi connectivity index (χ4v) is 6.23. The Morgan fingerprint density at radius 1 is 1.15 bits per heavy atom. The highest BCUT2D eigenvalue weighted by Gasteiger charge is 2.24. The number of fused-ring (bicyclic) bond motifs is 1. The van der Waals surface area contributed by atoms with Gasteiger partial charge in [0.2, 0.25) is 5.91 Å². The molecule has 0 bridgehead atoms. The van der Waals surface area contributed by atoms with Crippen molar-refractivity contribution in [2.45, 2.75) is 71.9 Å². The monoisotopic (exact) mass is 585 g/mol. The molecule has 9 heteroatoms. The third-order valence-electron chi connectivity index (χ3n) is 7.27. The van der Waals surface area contributed by atoms with Crippen molar-refractivity contribution in [3.8, 4) is 0 Å². The Morgan fingerprint density at radius 2 is 1.93 bits per heavy atom. The predicted molar refractivity (Wildman–Crippen MR) is 171 cm³/mol. The first kappa shape index (κ1) is 32.2. The molecular formula is C31H47N5O2S2. The smallest absolute Gasteiger partial charge is 0.252 e. The van der Waals surface area contributed by atoms with E-state index in [4.69, 9.17) is 4.98 Å². The molecule has 0 saturated heterocycles. The molecular weight excluding hydrogens is 539 g/mol. The SMILES string of the molecule is CCC(CC)n1c(Cc2cccs2)nc2cc(C(=O)N[C@@H](CC(C)C)C(=O)NCCCN(C)CCSC)ccc21. The molecule has 220 valence electrons. The van der Waals surface area contributed by atoms with Crippen molar-refractivity contribution >= 4 is 45.9 Å². The molecule has 0 aliphatic carbocycles. The van der Waals surface area contributed by atoms with Gasteiger partial charge in [0.15, 0.2) is 0 Å². The van der Waals surface area contributed by atoms with Gasteiger partial charge in [-0.05, 0) is 81.1 Å². The number of benzene rings is 1. The van der Waals surface area contributed by atoms with E-state index < -0.39 is 6.04 Å². The van der Waals surface area contributed by atoms with Gasteiger partial charge in [-0.3, -0.25) is 9.59 Å². The topological polar surface area (TPSA) is 79.3 Å². The molecule has 2 N–H and O–H groups in total. The van der Waals surface area contributed by atoms with Crippen LogP contribution in [0.15, 0.2) is 35.7 Å². The summed E-state index contributed by atoms with van der Waals surface area (Å²) >= 11 is 3.58. The number of hydrogen-bond acceptors (Lipinski definition) is 6. The van der Waals surface area contributed by atoms with Crippen LogP contribution in [0.5, 0.6) is 0 Å². The summed E-state index contributed by atoms with van der Waals surface area (Å²) in [5.41, 5.74) is 2.40. The molecule has 0 spiro atoms. The lowest BCUT2D eigenvalue weighted by Gasteiger charge is -2.21. The van der Waals surface area contributed by atoms with Gasteiger partial charge in [0.05, 0.1) is 11.0 Å². The van der Waals surface area contributed by atoms with Gasteiger partial charge in [-0.1, -0.05) is 33.8 Å². The predicted octanol–water partition coefficient (Wildman–Crippen LogP) is 6.00. The minimum absolute atomic E-state index is 0.119. The van der Waals surface area contributed by atoms with E-state index in [1.807, 2.05) is 30.0 Å². The van der Waals surface area contributed by atoms with Gasteiger partial charge in [0.25, 0.3) is 5.91 Å². The van der Waals surface area contributed by atoms with Crippen LogP contribution < -0.4 is 10.6 Å². The Hall–Kier alpha value is -2.36. The molecule has 1 aromatic carbocycles. The van der Waals surface area contributed by atoms with E-state index in [2.05, 4.69) is 78.6 Å². The molecule has 2 heterocycles. The Bertz CT molecular complexity index is 1200. The number of amides is 2. The summed E-state index contributed by atoms with van der Waals surface area (Å²) in [7, 11) is 2.11. The van der Waals surface area contributed by atoms with E-state index in [9.17, 15) is 9.59 Å². The average Bonchev–Trinajstić information content (AvgIpc) is 3.57. The molecule has 0 aliphatic heterocycles. The number of carbonyl (C=O) groups excluding carboxylic acids is 2. The number of imidazole rings is 1. The van der Waals surface area contributed by atoms with Crippen LogP contribution in [0.3, 0.4) is 0 Å². The molecule has 0 aliphatic rings. The number of thioether (sulfide) groups is 1. The fourth-order valence-electron chi connectivity index (χ4n) is 5.03. The average molecular weight is 586 g/mol. The fraction of sp³-hybridized carbons (Fsp3) is 0.581. The second-order valence-corrected chi connectivity index (χ2v) is 12.9. The number of nitrogens with zero attached hydrogens (tertiary/aromatic N) is 3. The summed E-state index contributed by atoms with van der Waals surface area (Å²) in [6.45, 7) is 11.1. The Balaban J connectivity index is 1.73. The lowest BCUT2D eigenvalue weighted by atomic mass is 10.0. The Kier molecular flexibility index (Phi) is 13.0. The van der Waals surface area contributed by atoms with Crippen molar-refractivity contribution in [1.29, 1.82) is 0 Å². The molecule has 3 aromatic rings. The quantitative estimate of drug-likeness (QED) is 0.190. The zero-order valence-corrected chi connectivity index (χ0v) is 26.7. The van der Waals surface area contributed by atoms with Crippen molar-refractivity contribution in [2.24, 2.45) is 5.92 Å². The standard InChI is InChI=1S/C31H47N5O2S2/c1-7-24(8-2)36-28-13-12-23(20-26(28)33-29(36)21-25-11-9-17-40-25)30(37)34-27(19-22(3)4)31(38)32-14-10-15-35(5)16-18-39-6/h9,11-13,17,20,22,24,27H,7-8,10,14-16,18-19,21H2,1-6H3,(H,32,38)(H,34,37)/t27-/m0/s1. The van der Waals surface area contributed by atoms with Gasteiger partial charge in [0.1, 0.15) is 11.9 Å². The van der Waals surface area contributed by atoms with Crippen LogP contribution in [-0.2, 0) is 11.2 Å². The molecule has 0 saturated carbocycles. The normalized spacial score (nSPS) is 12.5. The maximum Gasteiger partial charge on any atom is 0.252 e. The molecule has 0 fully saturated rings.